The van der Waals surface area contributed by atoms with Gasteiger partial charge in [0.2, 0.25) is 0 Å². The summed E-state index contributed by atoms with van der Waals surface area (Å²) >= 11 is 0. The van der Waals surface area contributed by atoms with E-state index in [-0.39, 0.29) is 18.0 Å². The number of nitrogens with zero attached hydrogens (tertiary/aromatic N) is 1. The zero-order valence-electron chi connectivity index (χ0n) is 13.5. The van der Waals surface area contributed by atoms with Crippen molar-refractivity contribution < 1.29 is 23.1 Å². The lowest BCUT2D eigenvalue weighted by Crippen LogP contribution is -2.32. The number of aliphatic hydroxyl groups is 1. The van der Waals surface area contributed by atoms with Crippen molar-refractivity contribution in [2.75, 3.05) is 11.4 Å². The normalized spacial score (nSPS) is 14.9. The fraction of sp³-hybridized carbons (Fsp3) is 0.150. The summed E-state index contributed by atoms with van der Waals surface area (Å²) in [6, 6.07) is 15.6. The predicted octanol–water partition coefficient (Wildman–Crippen LogP) is 4.55. The third-order valence-electron chi connectivity index (χ3n) is 4.63. The molecule has 1 heterocycles. The third kappa shape index (κ3) is 2.54. The van der Waals surface area contributed by atoms with E-state index in [1.165, 1.54) is 23.1 Å². The van der Waals surface area contributed by atoms with Gasteiger partial charge in [-0.2, -0.15) is 13.2 Å². The zero-order chi connectivity index (χ0) is 18.5. The molecule has 0 aromatic heterocycles. The van der Waals surface area contributed by atoms with E-state index in [0.717, 1.165) is 16.8 Å². The second-order valence-corrected chi connectivity index (χ2v) is 6.20. The molecule has 0 saturated heterocycles. The summed E-state index contributed by atoms with van der Waals surface area (Å²) in [4.78, 5) is 14.1. The molecule has 0 saturated carbocycles. The number of carbonyl (C=O) groups is 1. The first-order chi connectivity index (χ1) is 12.4. The number of anilines is 1. The van der Waals surface area contributed by atoms with Gasteiger partial charge in [0.05, 0.1) is 23.9 Å². The SMILES string of the molecule is O=C1c2cccc3cccc(c23)N1C[C@H](O)c1ccccc1C(F)(F)F. The van der Waals surface area contributed by atoms with Crippen molar-refractivity contribution in [3.8, 4) is 0 Å². The van der Waals surface area contributed by atoms with Crippen molar-refractivity contribution in [1.29, 1.82) is 0 Å². The highest BCUT2D eigenvalue weighted by molar-refractivity contribution is 6.25. The Kier molecular flexibility index (Phi) is 3.73. The van der Waals surface area contributed by atoms with Crippen LogP contribution in [-0.4, -0.2) is 17.6 Å². The van der Waals surface area contributed by atoms with Crippen LogP contribution in [-0.2, 0) is 6.18 Å². The largest absolute Gasteiger partial charge is 0.416 e. The molecule has 0 radical (unpaired) electrons. The standard InChI is InChI=1S/C20H14F3NO2/c21-20(22,23)15-9-2-1-7-13(15)17(25)11-24-16-10-4-6-12-5-3-8-14(18(12)16)19(24)26/h1-10,17,25H,11H2/t17-/m0/s1. The van der Waals surface area contributed by atoms with Gasteiger partial charge in [0, 0.05) is 10.9 Å². The number of alkyl halides is 3. The highest BCUT2D eigenvalue weighted by atomic mass is 19.4. The van der Waals surface area contributed by atoms with Crippen LogP contribution in [0.4, 0.5) is 18.9 Å². The number of halogens is 3. The molecule has 132 valence electrons. The van der Waals surface area contributed by atoms with Crippen LogP contribution in [0.15, 0.2) is 60.7 Å². The number of rotatable bonds is 3. The molecule has 1 N–H and O–H groups in total. The van der Waals surface area contributed by atoms with E-state index in [1.807, 2.05) is 12.1 Å². The van der Waals surface area contributed by atoms with E-state index in [0.29, 0.717) is 11.3 Å². The maximum atomic E-state index is 13.2. The number of β-amino-alcohol motifs (C(OH)–C–C–N with tert-alkyl or cyclic N) is 1. The minimum atomic E-state index is -4.57. The van der Waals surface area contributed by atoms with Crippen LogP contribution in [0.3, 0.4) is 0 Å². The lowest BCUT2D eigenvalue weighted by molar-refractivity contribution is -0.139. The Balaban J connectivity index is 1.72. The van der Waals surface area contributed by atoms with E-state index in [4.69, 9.17) is 0 Å². The monoisotopic (exact) mass is 357 g/mol. The summed E-state index contributed by atoms with van der Waals surface area (Å²) in [7, 11) is 0. The van der Waals surface area contributed by atoms with Crippen LogP contribution in [0.25, 0.3) is 10.8 Å². The van der Waals surface area contributed by atoms with Gasteiger partial charge >= 0.3 is 6.18 Å². The minimum Gasteiger partial charge on any atom is -0.387 e. The molecule has 3 aromatic rings. The van der Waals surface area contributed by atoms with E-state index in [1.54, 1.807) is 24.3 Å². The molecular weight excluding hydrogens is 343 g/mol. The molecule has 0 bridgehead atoms. The van der Waals surface area contributed by atoms with Crippen molar-refractivity contribution in [2.24, 2.45) is 0 Å². The maximum Gasteiger partial charge on any atom is 0.416 e. The molecule has 1 atom stereocenters. The summed E-state index contributed by atoms with van der Waals surface area (Å²) in [6.45, 7) is -0.250. The van der Waals surface area contributed by atoms with Crippen molar-refractivity contribution in [1.82, 2.24) is 0 Å². The summed E-state index contributed by atoms with van der Waals surface area (Å²) in [6.07, 6.45) is -6.03. The van der Waals surface area contributed by atoms with Gasteiger partial charge in [0.25, 0.3) is 5.91 Å². The zero-order valence-corrected chi connectivity index (χ0v) is 13.5. The van der Waals surface area contributed by atoms with E-state index < -0.39 is 17.8 Å². The number of hydrogen-bond acceptors (Lipinski definition) is 2. The molecule has 1 aliphatic heterocycles. The molecule has 26 heavy (non-hydrogen) atoms. The number of hydrogen-bond donors (Lipinski definition) is 1. The summed E-state index contributed by atoms with van der Waals surface area (Å²) in [5.41, 5.74) is -0.0353. The van der Waals surface area contributed by atoms with Crippen LogP contribution in [0, 0.1) is 0 Å². The van der Waals surface area contributed by atoms with Crippen LogP contribution in [0.5, 0.6) is 0 Å². The van der Waals surface area contributed by atoms with Gasteiger partial charge < -0.3 is 10.0 Å². The van der Waals surface area contributed by atoms with E-state index in [9.17, 15) is 23.1 Å². The predicted molar refractivity (Wildman–Crippen MR) is 92.0 cm³/mol. The first-order valence-corrected chi connectivity index (χ1v) is 8.06. The lowest BCUT2D eigenvalue weighted by atomic mass is 10.0. The molecular formula is C20H14F3NO2. The third-order valence-corrected chi connectivity index (χ3v) is 4.63. The van der Waals surface area contributed by atoms with E-state index in [2.05, 4.69) is 0 Å². The Labute approximate surface area is 147 Å². The van der Waals surface area contributed by atoms with E-state index >= 15 is 0 Å². The second kappa shape index (κ2) is 5.85. The Bertz CT molecular complexity index is 1010. The minimum absolute atomic E-state index is 0.240. The Morgan fingerprint density at radius 1 is 0.962 bits per heavy atom. The van der Waals surface area contributed by atoms with Crippen LogP contribution < -0.4 is 4.90 Å². The Morgan fingerprint density at radius 3 is 2.38 bits per heavy atom. The van der Waals surface area contributed by atoms with Crippen LogP contribution in [0.2, 0.25) is 0 Å². The first kappa shape index (κ1) is 16.6. The molecule has 1 amide bonds. The molecule has 1 aliphatic rings. The van der Waals surface area contributed by atoms with Gasteiger partial charge in [-0.15, -0.1) is 0 Å². The summed E-state index contributed by atoms with van der Waals surface area (Å²) in [5.74, 6) is -0.319. The molecule has 0 aliphatic carbocycles. The van der Waals surface area contributed by atoms with Crippen molar-refractivity contribution >= 4 is 22.4 Å². The van der Waals surface area contributed by atoms with Gasteiger partial charge in [0.15, 0.2) is 0 Å². The maximum absolute atomic E-state index is 13.2. The molecule has 0 fully saturated rings. The van der Waals surface area contributed by atoms with Crippen molar-refractivity contribution in [3.05, 3.63) is 77.4 Å². The lowest BCUT2D eigenvalue weighted by Gasteiger charge is -2.23. The van der Waals surface area contributed by atoms with Gasteiger partial charge in [-0.05, 0) is 29.1 Å². The van der Waals surface area contributed by atoms with Crippen LogP contribution in [0.1, 0.15) is 27.6 Å². The second-order valence-electron chi connectivity index (χ2n) is 6.20. The van der Waals surface area contributed by atoms with Crippen molar-refractivity contribution in [3.63, 3.8) is 0 Å². The van der Waals surface area contributed by atoms with Gasteiger partial charge in [0.1, 0.15) is 0 Å². The number of carbonyl (C=O) groups excluding carboxylic acids is 1. The smallest absolute Gasteiger partial charge is 0.387 e. The Hall–Kier alpha value is -2.86. The van der Waals surface area contributed by atoms with Crippen LogP contribution >= 0.6 is 0 Å². The molecule has 0 unspecified atom stereocenters. The average Bonchev–Trinajstić information content (AvgIpc) is 2.89. The summed E-state index contributed by atoms with van der Waals surface area (Å²) in [5, 5.41) is 12.1. The average molecular weight is 357 g/mol. The van der Waals surface area contributed by atoms with Gasteiger partial charge in [-0.25, -0.2) is 0 Å². The highest BCUT2D eigenvalue weighted by Gasteiger charge is 2.36. The molecule has 3 nitrogen and oxygen atoms in total. The van der Waals surface area contributed by atoms with Crippen molar-refractivity contribution in [2.45, 2.75) is 12.3 Å². The fourth-order valence-corrected chi connectivity index (χ4v) is 3.48. The quantitative estimate of drug-likeness (QED) is 0.747. The first-order valence-electron chi connectivity index (χ1n) is 8.06. The molecule has 3 aromatic carbocycles. The van der Waals surface area contributed by atoms with Gasteiger partial charge in [-0.1, -0.05) is 42.5 Å². The summed E-state index contributed by atoms with van der Waals surface area (Å²) < 4.78 is 39.6. The highest BCUT2D eigenvalue weighted by Crippen LogP contribution is 2.39. The number of amides is 1. The molecule has 4 rings (SSSR count). The Morgan fingerprint density at radius 2 is 1.65 bits per heavy atom. The molecule has 0 spiro atoms. The van der Waals surface area contributed by atoms with Gasteiger partial charge in [-0.3, -0.25) is 4.79 Å². The fourth-order valence-electron chi connectivity index (χ4n) is 3.48. The number of aliphatic hydroxyl groups excluding tert-OH is 1. The molecule has 6 heteroatoms. The number of benzene rings is 3. The topological polar surface area (TPSA) is 40.5 Å².